The van der Waals surface area contributed by atoms with Crippen LogP contribution in [-0.4, -0.2) is 23.1 Å². The average molecular weight is 350 g/mol. The van der Waals surface area contributed by atoms with Crippen molar-refractivity contribution in [3.63, 3.8) is 0 Å². The first-order valence-electron chi connectivity index (χ1n) is 9.10. The number of carbonyl (C=O) groups excluding carboxylic acids is 1. The molecule has 0 saturated heterocycles. The summed E-state index contributed by atoms with van der Waals surface area (Å²) in [5.74, 6) is 0.914. The van der Waals surface area contributed by atoms with Gasteiger partial charge in [0, 0.05) is 17.8 Å². The topological polar surface area (TPSA) is 43.3 Å². The molecule has 1 aromatic heterocycles. The number of aromatic nitrogens is 1. The minimum atomic E-state index is 0.0363. The van der Waals surface area contributed by atoms with Gasteiger partial charge in [-0.1, -0.05) is 30.3 Å². The van der Waals surface area contributed by atoms with Gasteiger partial charge in [0.05, 0.1) is 6.10 Å². The Hall–Kier alpha value is -2.75. The molecule has 0 aliphatic heterocycles. The molecular weight excluding hydrogens is 324 g/mol. The molecule has 0 radical (unpaired) electrons. The maximum Gasteiger partial charge on any atom is 0.239 e. The number of amides is 1. The average Bonchev–Trinajstić information content (AvgIpc) is 2.92. The highest BCUT2D eigenvalue weighted by atomic mass is 16.5. The normalized spacial score (nSPS) is 11.1. The molecule has 0 aliphatic carbocycles. The van der Waals surface area contributed by atoms with Crippen molar-refractivity contribution in [2.45, 2.75) is 39.8 Å². The smallest absolute Gasteiger partial charge is 0.239 e. The third kappa shape index (κ3) is 4.45. The lowest BCUT2D eigenvalue weighted by molar-refractivity contribution is -0.121. The number of nitrogens with one attached hydrogen (secondary N) is 1. The minimum Gasteiger partial charge on any atom is -0.491 e. The molecule has 1 amide bonds. The molecule has 3 rings (SSSR count). The molecule has 0 aliphatic rings. The van der Waals surface area contributed by atoms with E-state index in [9.17, 15) is 4.79 Å². The number of fused-ring (bicyclic) bond motifs is 1. The summed E-state index contributed by atoms with van der Waals surface area (Å²) in [6, 6.07) is 18.3. The second-order valence-electron chi connectivity index (χ2n) is 6.84. The lowest BCUT2D eigenvalue weighted by Crippen LogP contribution is -2.29. The summed E-state index contributed by atoms with van der Waals surface area (Å²) in [4.78, 5) is 12.3. The Bertz CT molecular complexity index is 879. The van der Waals surface area contributed by atoms with Gasteiger partial charge >= 0.3 is 0 Å². The summed E-state index contributed by atoms with van der Waals surface area (Å²) in [7, 11) is 0. The van der Waals surface area contributed by atoms with Crippen molar-refractivity contribution in [1.82, 2.24) is 9.88 Å². The molecule has 0 spiro atoms. The van der Waals surface area contributed by atoms with E-state index in [0.717, 1.165) is 23.4 Å². The summed E-state index contributed by atoms with van der Waals surface area (Å²) in [6.07, 6.45) is 0.979. The molecule has 0 saturated carbocycles. The van der Waals surface area contributed by atoms with Crippen molar-refractivity contribution in [3.05, 3.63) is 65.9 Å². The molecular formula is C22H26N2O2. The first-order chi connectivity index (χ1) is 12.5. The molecule has 4 heteroatoms. The number of rotatable bonds is 7. The van der Waals surface area contributed by atoms with Crippen LogP contribution in [0.4, 0.5) is 0 Å². The zero-order valence-electron chi connectivity index (χ0n) is 15.7. The summed E-state index contributed by atoms with van der Waals surface area (Å²) < 4.78 is 7.70. The zero-order valence-corrected chi connectivity index (χ0v) is 15.7. The summed E-state index contributed by atoms with van der Waals surface area (Å²) in [5, 5.41) is 4.19. The molecule has 0 fully saturated rings. The number of carbonyl (C=O) groups is 1. The Balaban J connectivity index is 1.52. The first kappa shape index (κ1) is 18.1. The van der Waals surface area contributed by atoms with Gasteiger partial charge in [0.25, 0.3) is 0 Å². The Morgan fingerprint density at radius 2 is 1.85 bits per heavy atom. The maximum atomic E-state index is 12.3. The van der Waals surface area contributed by atoms with Gasteiger partial charge in [-0.2, -0.15) is 0 Å². The van der Waals surface area contributed by atoms with Crippen molar-refractivity contribution in [2.24, 2.45) is 0 Å². The molecule has 1 heterocycles. The van der Waals surface area contributed by atoms with E-state index in [1.54, 1.807) is 0 Å². The fourth-order valence-electron chi connectivity index (χ4n) is 3.11. The second kappa shape index (κ2) is 8.09. The molecule has 136 valence electrons. The first-order valence-corrected chi connectivity index (χ1v) is 9.10. The monoisotopic (exact) mass is 350 g/mol. The quantitative estimate of drug-likeness (QED) is 0.697. The van der Waals surface area contributed by atoms with E-state index in [1.165, 1.54) is 10.9 Å². The van der Waals surface area contributed by atoms with Gasteiger partial charge < -0.3 is 14.6 Å². The van der Waals surface area contributed by atoms with Crippen LogP contribution in [0.25, 0.3) is 10.9 Å². The molecule has 3 aromatic rings. The number of hydrogen-bond acceptors (Lipinski definition) is 2. The Kier molecular flexibility index (Phi) is 5.61. The van der Waals surface area contributed by atoms with E-state index in [4.69, 9.17) is 4.74 Å². The molecule has 26 heavy (non-hydrogen) atoms. The predicted octanol–water partition coefficient (Wildman–Crippen LogP) is 4.10. The van der Waals surface area contributed by atoms with Crippen LogP contribution in [-0.2, 0) is 17.8 Å². The third-order valence-corrected chi connectivity index (χ3v) is 4.35. The van der Waals surface area contributed by atoms with E-state index in [0.29, 0.717) is 13.1 Å². The number of benzene rings is 2. The zero-order chi connectivity index (χ0) is 18.5. The van der Waals surface area contributed by atoms with E-state index < -0.39 is 0 Å². The standard InChI is InChI=1S/C22H26N2O2/c1-16(2)26-20-10-8-18(9-11-20)12-13-23-22(25)15-24-17(3)14-19-6-4-5-7-21(19)24/h4-11,14,16H,12-13,15H2,1-3H3,(H,23,25). The number of nitrogens with zero attached hydrogens (tertiary/aromatic N) is 1. The van der Waals surface area contributed by atoms with Crippen LogP contribution in [0.15, 0.2) is 54.6 Å². The van der Waals surface area contributed by atoms with Gasteiger partial charge in [0.2, 0.25) is 5.91 Å². The highest BCUT2D eigenvalue weighted by Gasteiger charge is 2.09. The van der Waals surface area contributed by atoms with Crippen LogP contribution in [0.3, 0.4) is 0 Å². The van der Waals surface area contributed by atoms with Crippen molar-refractivity contribution in [3.8, 4) is 5.75 Å². The Morgan fingerprint density at radius 3 is 2.58 bits per heavy atom. The van der Waals surface area contributed by atoms with Crippen LogP contribution in [0.2, 0.25) is 0 Å². The van der Waals surface area contributed by atoms with Gasteiger partial charge in [-0.15, -0.1) is 0 Å². The van der Waals surface area contributed by atoms with E-state index in [2.05, 4.69) is 28.1 Å². The van der Waals surface area contributed by atoms with Crippen LogP contribution in [0.5, 0.6) is 5.75 Å². The van der Waals surface area contributed by atoms with Crippen LogP contribution < -0.4 is 10.1 Å². The predicted molar refractivity (Wildman–Crippen MR) is 106 cm³/mol. The summed E-state index contributed by atoms with van der Waals surface area (Å²) in [5.41, 5.74) is 3.38. The van der Waals surface area contributed by atoms with Gasteiger partial charge in [0.1, 0.15) is 12.3 Å². The van der Waals surface area contributed by atoms with Gasteiger partial charge in [-0.05, 0) is 62.4 Å². The highest BCUT2D eigenvalue weighted by molar-refractivity contribution is 5.84. The van der Waals surface area contributed by atoms with E-state index in [1.807, 2.05) is 57.2 Å². The highest BCUT2D eigenvalue weighted by Crippen LogP contribution is 2.19. The molecule has 0 atom stereocenters. The van der Waals surface area contributed by atoms with Gasteiger partial charge in [0.15, 0.2) is 0 Å². The lowest BCUT2D eigenvalue weighted by Gasteiger charge is -2.11. The van der Waals surface area contributed by atoms with Crippen molar-refractivity contribution in [2.75, 3.05) is 6.54 Å². The number of para-hydroxylation sites is 1. The van der Waals surface area contributed by atoms with E-state index >= 15 is 0 Å². The summed E-state index contributed by atoms with van der Waals surface area (Å²) >= 11 is 0. The van der Waals surface area contributed by atoms with Crippen LogP contribution in [0, 0.1) is 6.92 Å². The molecule has 4 nitrogen and oxygen atoms in total. The van der Waals surface area contributed by atoms with Crippen LogP contribution in [0.1, 0.15) is 25.1 Å². The van der Waals surface area contributed by atoms with Crippen molar-refractivity contribution in [1.29, 1.82) is 0 Å². The third-order valence-electron chi connectivity index (χ3n) is 4.35. The number of aryl methyl sites for hydroxylation is 1. The van der Waals surface area contributed by atoms with E-state index in [-0.39, 0.29) is 12.0 Å². The van der Waals surface area contributed by atoms with Gasteiger partial charge in [-0.3, -0.25) is 4.79 Å². The minimum absolute atomic E-state index is 0.0363. The SMILES string of the molecule is Cc1cc2ccccc2n1CC(=O)NCCc1ccc(OC(C)C)cc1. The Morgan fingerprint density at radius 1 is 1.12 bits per heavy atom. The summed E-state index contributed by atoms with van der Waals surface area (Å²) in [6.45, 7) is 7.04. The number of hydrogen-bond donors (Lipinski definition) is 1. The van der Waals surface area contributed by atoms with Crippen molar-refractivity contribution < 1.29 is 9.53 Å². The number of ether oxygens (including phenoxy) is 1. The van der Waals surface area contributed by atoms with Crippen molar-refractivity contribution >= 4 is 16.8 Å². The molecule has 0 bridgehead atoms. The fraction of sp³-hybridized carbons (Fsp3) is 0.318. The molecule has 1 N–H and O–H groups in total. The van der Waals surface area contributed by atoms with Gasteiger partial charge in [-0.25, -0.2) is 0 Å². The Labute approximate surface area is 154 Å². The maximum absolute atomic E-state index is 12.3. The largest absolute Gasteiger partial charge is 0.491 e. The lowest BCUT2D eigenvalue weighted by atomic mass is 10.1. The second-order valence-corrected chi connectivity index (χ2v) is 6.84. The fourth-order valence-corrected chi connectivity index (χ4v) is 3.11. The van der Waals surface area contributed by atoms with Crippen LogP contribution >= 0.6 is 0 Å². The molecule has 0 unspecified atom stereocenters. The molecule has 2 aromatic carbocycles.